The van der Waals surface area contributed by atoms with Crippen molar-refractivity contribution in [3.05, 3.63) is 54.1 Å². The number of anilines is 2. The number of hydrogen-bond donors (Lipinski definition) is 2. The van der Waals surface area contributed by atoms with Crippen LogP contribution in [0.2, 0.25) is 0 Å². The molecule has 0 atom stereocenters. The molecule has 4 aromatic rings. The lowest BCUT2D eigenvalue weighted by molar-refractivity contribution is 0.0394. The molecule has 4 heterocycles. The number of aryl methyl sites for hydroxylation is 1. The Morgan fingerprint density at radius 2 is 1.80 bits per heavy atom. The molecule has 2 N–H and O–H groups in total. The molecule has 0 saturated heterocycles. The van der Waals surface area contributed by atoms with Gasteiger partial charge in [0.15, 0.2) is 0 Å². The Bertz CT molecular complexity index is 1430. The summed E-state index contributed by atoms with van der Waals surface area (Å²) in [6.07, 6.45) is 2.46. The number of rotatable bonds is 5. The van der Waals surface area contributed by atoms with Gasteiger partial charge in [-0.3, -0.25) is 10.1 Å². The van der Waals surface area contributed by atoms with Gasteiger partial charge in [0.2, 0.25) is 5.65 Å². The molecule has 13 nitrogen and oxygen atoms in total. The second-order valence-corrected chi connectivity index (χ2v) is 8.66. The molecular weight excluding hydrogens is 456 g/mol. The van der Waals surface area contributed by atoms with Crippen LogP contribution in [-0.2, 0) is 18.8 Å². The molecule has 0 bridgehead atoms. The van der Waals surface area contributed by atoms with E-state index in [0.29, 0.717) is 22.7 Å². The largest absolute Gasteiger partial charge is 0.444 e. The fraction of sp³-hybridized carbons (Fsp3) is 0.273. The SMILES string of the molecule is Cn1cc(NC(=O)c2ccc(NC(=O)OC(C)(C)C)n2C)cc1C(=O)On1nnc2cccnc21. The Hall–Kier alpha value is -4.68. The topological polar surface area (TPSA) is 147 Å². The molecule has 0 fully saturated rings. The van der Waals surface area contributed by atoms with Gasteiger partial charge in [0.25, 0.3) is 5.91 Å². The lowest BCUT2D eigenvalue weighted by atomic mass is 10.2. The van der Waals surface area contributed by atoms with Crippen molar-refractivity contribution in [1.82, 2.24) is 29.3 Å². The zero-order chi connectivity index (χ0) is 25.3. The third-order valence-corrected chi connectivity index (χ3v) is 4.81. The molecule has 0 aliphatic carbocycles. The van der Waals surface area contributed by atoms with E-state index in [0.717, 1.165) is 4.85 Å². The maximum Gasteiger partial charge on any atom is 0.413 e. The standard InChI is InChI=1S/C22H24N8O5/c1-22(2,3)34-21(33)25-17-9-8-15(29(17)5)19(31)24-13-11-16(28(4)12-13)20(32)35-30-18-14(26-27-30)7-6-10-23-18/h6-12H,1-5H3,(H,24,31)(H,25,33). The van der Waals surface area contributed by atoms with E-state index in [4.69, 9.17) is 9.57 Å². The maximum atomic E-state index is 12.8. The van der Waals surface area contributed by atoms with Gasteiger partial charge in [-0.05, 0) is 61.2 Å². The van der Waals surface area contributed by atoms with Crippen molar-refractivity contribution in [2.24, 2.45) is 14.1 Å². The highest BCUT2D eigenvalue weighted by Gasteiger charge is 2.21. The third kappa shape index (κ3) is 5.13. The number of amides is 2. The highest BCUT2D eigenvalue weighted by molar-refractivity contribution is 6.04. The van der Waals surface area contributed by atoms with Crippen molar-refractivity contribution in [3.8, 4) is 0 Å². The van der Waals surface area contributed by atoms with Crippen molar-refractivity contribution >= 4 is 40.6 Å². The van der Waals surface area contributed by atoms with Crippen molar-refractivity contribution in [2.45, 2.75) is 26.4 Å². The van der Waals surface area contributed by atoms with E-state index < -0.39 is 23.6 Å². The average Bonchev–Trinajstić information content (AvgIpc) is 3.45. The second kappa shape index (κ2) is 8.93. The normalized spacial score (nSPS) is 11.3. The summed E-state index contributed by atoms with van der Waals surface area (Å²) in [4.78, 5) is 47.8. The van der Waals surface area contributed by atoms with Crippen LogP contribution in [0.25, 0.3) is 11.2 Å². The fourth-order valence-electron chi connectivity index (χ4n) is 3.24. The van der Waals surface area contributed by atoms with Crippen LogP contribution < -0.4 is 15.5 Å². The molecule has 0 spiro atoms. The highest BCUT2D eigenvalue weighted by atomic mass is 16.7. The van der Waals surface area contributed by atoms with Gasteiger partial charge in [0, 0.05) is 26.5 Å². The van der Waals surface area contributed by atoms with Crippen LogP contribution in [-0.4, -0.2) is 52.8 Å². The number of nitrogens with one attached hydrogen (secondary N) is 2. The number of nitrogens with zero attached hydrogens (tertiary/aromatic N) is 6. The number of aromatic nitrogens is 6. The molecule has 2 amide bonds. The summed E-state index contributed by atoms with van der Waals surface area (Å²) in [6.45, 7) is 5.27. The van der Waals surface area contributed by atoms with E-state index in [9.17, 15) is 14.4 Å². The summed E-state index contributed by atoms with van der Waals surface area (Å²) in [6, 6.07) is 7.99. The minimum Gasteiger partial charge on any atom is -0.444 e. The number of carbonyl (C=O) groups is 3. The summed E-state index contributed by atoms with van der Waals surface area (Å²) < 4.78 is 8.26. The van der Waals surface area contributed by atoms with Crippen molar-refractivity contribution in [3.63, 3.8) is 0 Å². The Labute approximate surface area is 199 Å². The van der Waals surface area contributed by atoms with Crippen LogP contribution in [0.1, 0.15) is 41.7 Å². The first-order valence-corrected chi connectivity index (χ1v) is 10.5. The number of pyridine rings is 1. The lowest BCUT2D eigenvalue weighted by Crippen LogP contribution is -2.28. The molecule has 0 aromatic carbocycles. The van der Waals surface area contributed by atoms with Crippen LogP contribution in [0, 0.1) is 0 Å². The Morgan fingerprint density at radius 3 is 2.54 bits per heavy atom. The lowest BCUT2D eigenvalue weighted by Gasteiger charge is -2.19. The van der Waals surface area contributed by atoms with Crippen LogP contribution in [0.3, 0.4) is 0 Å². The van der Waals surface area contributed by atoms with Crippen molar-refractivity contribution in [1.29, 1.82) is 0 Å². The van der Waals surface area contributed by atoms with Crippen LogP contribution >= 0.6 is 0 Å². The number of hydrogen-bond acceptors (Lipinski definition) is 8. The second-order valence-electron chi connectivity index (χ2n) is 8.66. The predicted molar refractivity (Wildman–Crippen MR) is 125 cm³/mol. The molecule has 0 aliphatic rings. The molecule has 4 aromatic heterocycles. The first-order valence-electron chi connectivity index (χ1n) is 10.5. The van der Waals surface area contributed by atoms with E-state index in [2.05, 4.69) is 25.9 Å². The summed E-state index contributed by atoms with van der Waals surface area (Å²) in [5.41, 5.74) is 0.933. The van der Waals surface area contributed by atoms with Gasteiger partial charge in [-0.25, -0.2) is 14.6 Å². The predicted octanol–water partition coefficient (Wildman–Crippen LogP) is 2.37. The molecular formula is C22H24N8O5. The van der Waals surface area contributed by atoms with Gasteiger partial charge < -0.3 is 24.0 Å². The Kier molecular flexibility index (Phi) is 5.99. The number of carbonyl (C=O) groups excluding carboxylic acids is 3. The third-order valence-electron chi connectivity index (χ3n) is 4.81. The molecule has 0 radical (unpaired) electrons. The first-order chi connectivity index (χ1) is 16.5. The van der Waals surface area contributed by atoms with Gasteiger partial charge in [0.1, 0.15) is 28.3 Å². The molecule has 35 heavy (non-hydrogen) atoms. The Balaban J connectivity index is 1.44. The van der Waals surface area contributed by atoms with Crippen molar-refractivity contribution in [2.75, 3.05) is 10.6 Å². The van der Waals surface area contributed by atoms with Gasteiger partial charge >= 0.3 is 12.1 Å². The van der Waals surface area contributed by atoms with E-state index in [1.807, 2.05) is 0 Å². The van der Waals surface area contributed by atoms with E-state index in [-0.39, 0.29) is 11.4 Å². The zero-order valence-corrected chi connectivity index (χ0v) is 19.8. The maximum absolute atomic E-state index is 12.8. The van der Waals surface area contributed by atoms with Gasteiger partial charge in [-0.2, -0.15) is 0 Å². The molecule has 0 unspecified atom stereocenters. The quantitative estimate of drug-likeness (QED) is 0.414. The molecule has 0 aliphatic heterocycles. The van der Waals surface area contributed by atoms with Gasteiger partial charge in [-0.15, -0.1) is 5.10 Å². The summed E-state index contributed by atoms with van der Waals surface area (Å²) in [5.74, 6) is -0.773. The average molecular weight is 480 g/mol. The fourth-order valence-corrected chi connectivity index (χ4v) is 3.24. The molecule has 0 saturated carbocycles. The highest BCUT2D eigenvalue weighted by Crippen LogP contribution is 2.19. The van der Waals surface area contributed by atoms with Gasteiger partial charge in [-0.1, -0.05) is 0 Å². The minimum absolute atomic E-state index is 0.166. The molecule has 182 valence electrons. The minimum atomic E-state index is -0.715. The Morgan fingerprint density at radius 1 is 1.03 bits per heavy atom. The van der Waals surface area contributed by atoms with Crippen LogP contribution in [0.5, 0.6) is 0 Å². The first kappa shape index (κ1) is 23.5. The van der Waals surface area contributed by atoms with E-state index in [1.165, 1.54) is 21.4 Å². The number of fused-ring (bicyclic) bond motifs is 1. The summed E-state index contributed by atoms with van der Waals surface area (Å²) in [7, 11) is 3.27. The van der Waals surface area contributed by atoms with Crippen molar-refractivity contribution < 1.29 is 24.0 Å². The monoisotopic (exact) mass is 480 g/mol. The number of ether oxygens (including phenoxy) is 1. The van der Waals surface area contributed by atoms with Crippen LogP contribution in [0.15, 0.2) is 42.7 Å². The van der Waals surface area contributed by atoms with Gasteiger partial charge in [0.05, 0.1) is 5.69 Å². The smallest absolute Gasteiger partial charge is 0.413 e. The zero-order valence-electron chi connectivity index (χ0n) is 19.8. The summed E-state index contributed by atoms with van der Waals surface area (Å²) >= 11 is 0. The molecule has 13 heteroatoms. The van der Waals surface area contributed by atoms with E-state index in [1.54, 1.807) is 65.3 Å². The summed E-state index contributed by atoms with van der Waals surface area (Å²) in [5, 5.41) is 13.0. The molecule has 4 rings (SSSR count). The van der Waals surface area contributed by atoms with Crippen LogP contribution in [0.4, 0.5) is 16.3 Å². The van der Waals surface area contributed by atoms with E-state index >= 15 is 0 Å².